The summed E-state index contributed by atoms with van der Waals surface area (Å²) in [7, 11) is 0. The van der Waals surface area contributed by atoms with Gasteiger partial charge in [-0.1, -0.05) is 23.7 Å². The number of benzene rings is 1. The van der Waals surface area contributed by atoms with E-state index < -0.39 is 0 Å². The van der Waals surface area contributed by atoms with E-state index in [2.05, 4.69) is 12.1 Å². The van der Waals surface area contributed by atoms with Gasteiger partial charge in [-0.3, -0.25) is 4.79 Å². The predicted octanol–water partition coefficient (Wildman–Crippen LogP) is 3.36. The molecule has 0 aliphatic carbocycles. The monoisotopic (exact) mass is 285 g/mol. The summed E-state index contributed by atoms with van der Waals surface area (Å²) >= 11 is 11.4. The Bertz CT molecular complexity index is 397. The van der Waals surface area contributed by atoms with Crippen molar-refractivity contribution in [2.75, 3.05) is 19.0 Å². The fourth-order valence-corrected chi connectivity index (χ4v) is 2.72. The van der Waals surface area contributed by atoms with Gasteiger partial charge in [0.2, 0.25) is 5.91 Å². The van der Waals surface area contributed by atoms with E-state index >= 15 is 0 Å². The molecule has 1 aromatic rings. The molecule has 18 heavy (non-hydrogen) atoms. The van der Waals surface area contributed by atoms with Gasteiger partial charge in [-0.25, -0.2) is 0 Å². The number of rotatable bonds is 3. The lowest BCUT2D eigenvalue weighted by atomic mass is 9.90. The molecule has 1 aliphatic heterocycles. The van der Waals surface area contributed by atoms with Gasteiger partial charge in [-0.15, -0.1) is 11.6 Å². The van der Waals surface area contributed by atoms with Crippen molar-refractivity contribution in [3.05, 3.63) is 34.9 Å². The van der Waals surface area contributed by atoms with Gasteiger partial charge in [0.25, 0.3) is 0 Å². The van der Waals surface area contributed by atoms with Crippen LogP contribution in [-0.4, -0.2) is 29.8 Å². The third-order valence-electron chi connectivity index (χ3n) is 3.52. The van der Waals surface area contributed by atoms with Crippen LogP contribution in [0.5, 0.6) is 0 Å². The van der Waals surface area contributed by atoms with Crippen LogP contribution in [0.3, 0.4) is 0 Å². The SMILES string of the molecule is O=C(CCl)N1CCC(Cc2ccc(Cl)cc2)CC1. The number of halogens is 2. The van der Waals surface area contributed by atoms with Crippen LogP contribution in [0.25, 0.3) is 0 Å². The standard InChI is InChI=1S/C14H17Cl2NO/c15-10-14(18)17-7-5-12(6-8-17)9-11-1-3-13(16)4-2-11/h1-4,12H,5-10H2. The number of carbonyl (C=O) groups is 1. The quantitative estimate of drug-likeness (QED) is 0.780. The maximum atomic E-state index is 11.4. The summed E-state index contributed by atoms with van der Waals surface area (Å²) in [5, 5.41) is 0.779. The summed E-state index contributed by atoms with van der Waals surface area (Å²) in [6, 6.07) is 8.03. The highest BCUT2D eigenvalue weighted by atomic mass is 35.5. The molecule has 1 aliphatic rings. The number of alkyl halides is 1. The first-order valence-corrected chi connectivity index (χ1v) is 7.18. The summed E-state index contributed by atoms with van der Waals surface area (Å²) in [5.74, 6) is 0.814. The highest BCUT2D eigenvalue weighted by molar-refractivity contribution is 6.30. The second-order valence-electron chi connectivity index (χ2n) is 4.79. The molecule has 2 rings (SSSR count). The average molecular weight is 286 g/mol. The molecular weight excluding hydrogens is 269 g/mol. The van der Waals surface area contributed by atoms with Crippen molar-refractivity contribution in [3.8, 4) is 0 Å². The molecule has 0 aromatic heterocycles. The van der Waals surface area contributed by atoms with E-state index in [-0.39, 0.29) is 11.8 Å². The van der Waals surface area contributed by atoms with Crippen molar-refractivity contribution in [1.82, 2.24) is 4.90 Å². The van der Waals surface area contributed by atoms with E-state index in [0.29, 0.717) is 5.92 Å². The summed E-state index contributed by atoms with van der Waals surface area (Å²) in [6.45, 7) is 1.67. The highest BCUT2D eigenvalue weighted by Gasteiger charge is 2.22. The van der Waals surface area contributed by atoms with Crippen molar-refractivity contribution >= 4 is 29.1 Å². The topological polar surface area (TPSA) is 20.3 Å². The first kappa shape index (κ1) is 13.7. The van der Waals surface area contributed by atoms with Crippen LogP contribution in [0.15, 0.2) is 24.3 Å². The first-order valence-electron chi connectivity index (χ1n) is 6.27. The Balaban J connectivity index is 1.83. The largest absolute Gasteiger partial charge is 0.342 e. The molecule has 0 spiro atoms. The third kappa shape index (κ3) is 3.63. The van der Waals surface area contributed by atoms with Crippen LogP contribution >= 0.6 is 23.2 Å². The fraction of sp³-hybridized carbons (Fsp3) is 0.500. The Kier molecular flexibility index (Phi) is 4.90. The van der Waals surface area contributed by atoms with E-state index in [1.807, 2.05) is 17.0 Å². The molecule has 4 heteroatoms. The van der Waals surface area contributed by atoms with Crippen molar-refractivity contribution in [2.45, 2.75) is 19.3 Å². The Hall–Kier alpha value is -0.730. The maximum absolute atomic E-state index is 11.4. The lowest BCUT2D eigenvalue weighted by Gasteiger charge is -2.31. The van der Waals surface area contributed by atoms with Gasteiger partial charge in [0, 0.05) is 18.1 Å². The molecule has 1 saturated heterocycles. The zero-order valence-corrected chi connectivity index (χ0v) is 11.8. The molecule has 0 unspecified atom stereocenters. The number of hydrogen-bond donors (Lipinski definition) is 0. The van der Waals surface area contributed by atoms with Gasteiger partial charge >= 0.3 is 0 Å². The summed E-state index contributed by atoms with van der Waals surface area (Å²) < 4.78 is 0. The molecule has 0 radical (unpaired) electrons. The molecule has 0 N–H and O–H groups in total. The molecular formula is C14H17Cl2NO. The van der Waals surface area contributed by atoms with Gasteiger partial charge in [0.05, 0.1) is 0 Å². The lowest BCUT2D eigenvalue weighted by molar-refractivity contribution is -0.129. The van der Waals surface area contributed by atoms with Gasteiger partial charge < -0.3 is 4.90 Å². The van der Waals surface area contributed by atoms with Gasteiger partial charge in [0.15, 0.2) is 0 Å². The number of amides is 1. The van der Waals surface area contributed by atoms with Crippen molar-refractivity contribution in [3.63, 3.8) is 0 Å². The molecule has 1 fully saturated rings. The van der Waals surface area contributed by atoms with Gasteiger partial charge in [0.1, 0.15) is 5.88 Å². The molecule has 0 bridgehead atoms. The number of carbonyl (C=O) groups excluding carboxylic acids is 1. The van der Waals surface area contributed by atoms with E-state index in [0.717, 1.165) is 37.4 Å². The Morgan fingerprint density at radius 1 is 1.22 bits per heavy atom. The zero-order valence-electron chi connectivity index (χ0n) is 10.2. The lowest BCUT2D eigenvalue weighted by Crippen LogP contribution is -2.39. The van der Waals surface area contributed by atoms with Crippen molar-refractivity contribution in [1.29, 1.82) is 0 Å². The van der Waals surface area contributed by atoms with Crippen LogP contribution < -0.4 is 0 Å². The zero-order chi connectivity index (χ0) is 13.0. The molecule has 0 atom stereocenters. The fourth-order valence-electron chi connectivity index (χ4n) is 2.42. The average Bonchev–Trinajstić information content (AvgIpc) is 2.41. The van der Waals surface area contributed by atoms with E-state index in [4.69, 9.17) is 23.2 Å². The molecule has 1 aromatic carbocycles. The maximum Gasteiger partial charge on any atom is 0.237 e. The molecule has 1 amide bonds. The second-order valence-corrected chi connectivity index (χ2v) is 5.49. The predicted molar refractivity (Wildman–Crippen MR) is 75.2 cm³/mol. The van der Waals surface area contributed by atoms with E-state index in [1.54, 1.807) is 0 Å². The van der Waals surface area contributed by atoms with E-state index in [9.17, 15) is 4.79 Å². The minimum atomic E-state index is 0.0570. The highest BCUT2D eigenvalue weighted by Crippen LogP contribution is 2.22. The van der Waals surface area contributed by atoms with Crippen molar-refractivity contribution < 1.29 is 4.79 Å². The summed E-state index contributed by atoms with van der Waals surface area (Å²) in [5.41, 5.74) is 1.32. The minimum Gasteiger partial charge on any atom is -0.342 e. The second kappa shape index (κ2) is 6.44. The van der Waals surface area contributed by atoms with E-state index in [1.165, 1.54) is 5.56 Å². The van der Waals surface area contributed by atoms with Crippen LogP contribution in [0, 0.1) is 5.92 Å². The number of nitrogens with zero attached hydrogens (tertiary/aromatic N) is 1. The normalized spacial score (nSPS) is 16.9. The molecule has 1 heterocycles. The summed E-state index contributed by atoms with van der Waals surface area (Å²) in [4.78, 5) is 13.3. The van der Waals surface area contributed by atoms with Crippen LogP contribution in [0.2, 0.25) is 5.02 Å². The number of hydrogen-bond acceptors (Lipinski definition) is 1. The van der Waals surface area contributed by atoms with Gasteiger partial charge in [-0.05, 0) is 42.9 Å². The molecule has 2 nitrogen and oxygen atoms in total. The van der Waals surface area contributed by atoms with Crippen LogP contribution in [0.4, 0.5) is 0 Å². The Labute approximate surface area is 118 Å². The smallest absolute Gasteiger partial charge is 0.237 e. The minimum absolute atomic E-state index is 0.0570. The third-order valence-corrected chi connectivity index (χ3v) is 4.00. The molecule has 0 saturated carbocycles. The van der Waals surface area contributed by atoms with Gasteiger partial charge in [-0.2, -0.15) is 0 Å². The number of piperidine rings is 1. The van der Waals surface area contributed by atoms with Crippen LogP contribution in [0.1, 0.15) is 18.4 Å². The Morgan fingerprint density at radius 3 is 2.39 bits per heavy atom. The first-order chi connectivity index (χ1) is 8.69. The van der Waals surface area contributed by atoms with Crippen LogP contribution in [-0.2, 0) is 11.2 Å². The number of likely N-dealkylation sites (tertiary alicyclic amines) is 1. The molecule has 98 valence electrons. The van der Waals surface area contributed by atoms with Crippen molar-refractivity contribution in [2.24, 2.45) is 5.92 Å². The summed E-state index contributed by atoms with van der Waals surface area (Å²) in [6.07, 6.45) is 3.19. The Morgan fingerprint density at radius 2 is 1.83 bits per heavy atom.